The van der Waals surface area contributed by atoms with Gasteiger partial charge in [-0.05, 0) is 84.5 Å². The number of piperidine rings is 1. The highest BCUT2D eigenvalue weighted by Gasteiger charge is 2.35. The summed E-state index contributed by atoms with van der Waals surface area (Å²) in [5.41, 5.74) is 4.06. The van der Waals surface area contributed by atoms with Crippen molar-refractivity contribution in [2.75, 3.05) is 23.8 Å². The monoisotopic (exact) mass is 751 g/mol. The highest BCUT2D eigenvalue weighted by atomic mass is 19.4. The number of hydrogen-bond acceptors (Lipinski definition) is 7. The Labute approximate surface area is 315 Å². The average molecular weight is 752 g/mol. The van der Waals surface area contributed by atoms with Gasteiger partial charge in [-0.25, -0.2) is 4.79 Å². The SMILES string of the molecule is Cc1cc(-c2ccc(N(C)c3cc(C(C)C)c4c(c3)n(C)c(=O)n4C)cc2C(F)(F)F)cnc1C(=O)NCC#Cc1cccc(NC2CCC(=O)NC2=O)c1. The first kappa shape index (κ1) is 38.4. The van der Waals surface area contributed by atoms with Gasteiger partial charge in [0, 0.05) is 61.9 Å². The maximum atomic E-state index is 14.6. The molecule has 0 aliphatic carbocycles. The third-order valence-corrected chi connectivity index (χ3v) is 9.70. The lowest BCUT2D eigenvalue weighted by atomic mass is 9.97. The molecule has 0 bridgehead atoms. The number of hydrogen-bond donors (Lipinski definition) is 3. The van der Waals surface area contributed by atoms with E-state index in [1.807, 2.05) is 19.9 Å². The second-order valence-corrected chi connectivity index (χ2v) is 13.8. The molecule has 0 saturated carbocycles. The number of carbonyl (C=O) groups is 3. The number of nitrogens with one attached hydrogen (secondary N) is 3. The molecular weight excluding hydrogens is 711 g/mol. The van der Waals surface area contributed by atoms with Crippen molar-refractivity contribution in [3.05, 3.63) is 105 Å². The Balaban J connectivity index is 1.18. The van der Waals surface area contributed by atoms with Gasteiger partial charge in [-0.1, -0.05) is 37.8 Å². The summed E-state index contributed by atoms with van der Waals surface area (Å²) in [7, 11) is 5.06. The van der Waals surface area contributed by atoms with Gasteiger partial charge in [0.05, 0.1) is 23.1 Å². The Bertz CT molecular complexity index is 2470. The van der Waals surface area contributed by atoms with E-state index < -0.39 is 23.7 Å². The van der Waals surface area contributed by atoms with Crippen molar-refractivity contribution in [3.8, 4) is 23.0 Å². The fraction of sp³-hybridized carbons (Fsp3) is 0.293. The number of aryl methyl sites for hydroxylation is 3. The lowest BCUT2D eigenvalue weighted by Gasteiger charge is -2.24. The molecule has 1 fully saturated rings. The summed E-state index contributed by atoms with van der Waals surface area (Å²) in [6.07, 6.45) is -2.82. The molecule has 3 N–H and O–H groups in total. The number of nitrogens with zero attached hydrogens (tertiary/aromatic N) is 4. The first-order valence-electron chi connectivity index (χ1n) is 17.6. The molecule has 1 aliphatic heterocycles. The predicted molar refractivity (Wildman–Crippen MR) is 205 cm³/mol. The van der Waals surface area contributed by atoms with Crippen LogP contribution in [0.15, 0.2) is 71.7 Å². The number of carbonyl (C=O) groups excluding carboxylic acids is 3. The lowest BCUT2D eigenvalue weighted by molar-refractivity contribution is -0.137. The minimum atomic E-state index is -4.70. The average Bonchev–Trinajstić information content (AvgIpc) is 3.36. The van der Waals surface area contributed by atoms with E-state index >= 15 is 0 Å². The van der Waals surface area contributed by atoms with Crippen LogP contribution in [0.1, 0.15) is 65.3 Å². The number of benzene rings is 3. The van der Waals surface area contributed by atoms with Crippen LogP contribution in [0.5, 0.6) is 0 Å². The molecule has 3 heterocycles. The van der Waals surface area contributed by atoms with Crippen LogP contribution in [0.2, 0.25) is 0 Å². The smallest absolute Gasteiger partial charge is 0.374 e. The molecule has 0 spiro atoms. The molecule has 284 valence electrons. The fourth-order valence-corrected chi connectivity index (χ4v) is 6.71. The molecule has 5 aromatic rings. The third-order valence-electron chi connectivity index (χ3n) is 9.70. The first-order chi connectivity index (χ1) is 26.0. The lowest BCUT2D eigenvalue weighted by Crippen LogP contribution is -2.47. The number of rotatable bonds is 8. The second kappa shape index (κ2) is 15.2. The van der Waals surface area contributed by atoms with E-state index in [9.17, 15) is 32.3 Å². The van der Waals surface area contributed by atoms with E-state index in [2.05, 4.69) is 32.8 Å². The number of pyridine rings is 1. The van der Waals surface area contributed by atoms with Crippen molar-refractivity contribution in [2.45, 2.75) is 51.7 Å². The Morgan fingerprint density at radius 1 is 1.04 bits per heavy atom. The van der Waals surface area contributed by atoms with Crippen LogP contribution in [0, 0.1) is 18.8 Å². The van der Waals surface area contributed by atoms with Crippen molar-refractivity contribution in [3.63, 3.8) is 0 Å². The molecule has 1 aliphatic rings. The van der Waals surface area contributed by atoms with E-state index in [0.717, 1.165) is 17.1 Å². The predicted octanol–water partition coefficient (Wildman–Crippen LogP) is 6.16. The van der Waals surface area contributed by atoms with Crippen LogP contribution in [0.25, 0.3) is 22.2 Å². The number of anilines is 3. The van der Waals surface area contributed by atoms with Crippen molar-refractivity contribution in [2.24, 2.45) is 14.1 Å². The van der Waals surface area contributed by atoms with Crippen LogP contribution in [-0.4, -0.2) is 51.5 Å². The molecule has 0 radical (unpaired) electrons. The summed E-state index contributed by atoms with van der Waals surface area (Å²) >= 11 is 0. The Morgan fingerprint density at radius 3 is 2.49 bits per heavy atom. The summed E-state index contributed by atoms with van der Waals surface area (Å²) in [4.78, 5) is 55.2. The summed E-state index contributed by atoms with van der Waals surface area (Å²) in [5, 5.41) is 8.09. The van der Waals surface area contributed by atoms with Gasteiger partial charge in [0.15, 0.2) is 0 Å². The molecule has 11 nitrogen and oxygen atoms in total. The topological polar surface area (TPSA) is 130 Å². The zero-order valence-corrected chi connectivity index (χ0v) is 31.2. The molecule has 14 heteroatoms. The largest absolute Gasteiger partial charge is 0.417 e. The molecular formula is C41H40F3N7O4. The number of imide groups is 1. The van der Waals surface area contributed by atoms with Crippen LogP contribution in [-0.2, 0) is 29.9 Å². The minimum absolute atomic E-state index is 0.0219. The highest BCUT2D eigenvalue weighted by molar-refractivity contribution is 6.01. The Kier molecular flexibility index (Phi) is 10.6. The van der Waals surface area contributed by atoms with Gasteiger partial charge >= 0.3 is 11.9 Å². The summed E-state index contributed by atoms with van der Waals surface area (Å²) in [6, 6.07) is 15.8. The van der Waals surface area contributed by atoms with Gasteiger partial charge in [0.2, 0.25) is 11.8 Å². The third kappa shape index (κ3) is 7.96. The summed E-state index contributed by atoms with van der Waals surface area (Å²) in [6.45, 7) is 5.58. The Hall–Kier alpha value is -6.36. The van der Waals surface area contributed by atoms with Crippen molar-refractivity contribution in [1.82, 2.24) is 24.8 Å². The van der Waals surface area contributed by atoms with Crippen LogP contribution < -0.4 is 26.5 Å². The fourth-order valence-electron chi connectivity index (χ4n) is 6.71. The van der Waals surface area contributed by atoms with E-state index in [1.165, 1.54) is 22.9 Å². The van der Waals surface area contributed by atoms with Crippen molar-refractivity contribution >= 4 is 45.8 Å². The van der Waals surface area contributed by atoms with Crippen molar-refractivity contribution in [1.29, 1.82) is 0 Å². The molecule has 3 aromatic carbocycles. The van der Waals surface area contributed by atoms with E-state index in [0.29, 0.717) is 40.1 Å². The number of aromatic nitrogens is 3. The second-order valence-electron chi connectivity index (χ2n) is 13.8. The van der Waals surface area contributed by atoms with Crippen molar-refractivity contribution < 1.29 is 27.6 Å². The van der Waals surface area contributed by atoms with Gasteiger partial charge < -0.3 is 15.5 Å². The van der Waals surface area contributed by atoms with Crippen LogP contribution in [0.4, 0.5) is 30.2 Å². The first-order valence-corrected chi connectivity index (χ1v) is 17.6. The number of halogens is 3. The summed E-state index contributed by atoms with van der Waals surface area (Å²) in [5.74, 6) is 4.65. The molecule has 1 saturated heterocycles. The number of amides is 3. The van der Waals surface area contributed by atoms with Gasteiger partial charge in [0.1, 0.15) is 11.7 Å². The summed E-state index contributed by atoms with van der Waals surface area (Å²) < 4.78 is 47.0. The normalized spacial score (nSPS) is 14.4. The van der Waals surface area contributed by atoms with Gasteiger partial charge in [0.25, 0.3) is 5.91 Å². The van der Waals surface area contributed by atoms with Gasteiger partial charge in [-0.2, -0.15) is 13.2 Å². The molecule has 55 heavy (non-hydrogen) atoms. The quantitative estimate of drug-likeness (QED) is 0.128. The van der Waals surface area contributed by atoms with E-state index in [1.54, 1.807) is 73.9 Å². The number of alkyl halides is 3. The zero-order valence-electron chi connectivity index (χ0n) is 31.2. The molecule has 1 atom stereocenters. The maximum Gasteiger partial charge on any atom is 0.417 e. The minimum Gasteiger partial charge on any atom is -0.374 e. The standard InChI is InChI=1S/C41H40F3N7O4/c1-23(2)31-19-29(21-34-37(31)51(6)40(55)50(34)5)49(4)28-12-13-30(32(20-28)41(42,43)44)26-17-24(3)36(46-22-26)39(54)45-16-8-10-25-9-7-11-27(18-25)47-33-14-15-35(52)48-38(33)53/h7,9,11-13,17-23,33,47H,14-16H2,1-6H3,(H,45,54)(H,48,52,53). The molecule has 6 rings (SSSR count). The molecule has 1 unspecified atom stereocenters. The number of fused-ring (bicyclic) bond motifs is 1. The van der Waals surface area contributed by atoms with Crippen LogP contribution in [0.3, 0.4) is 0 Å². The molecule has 3 amide bonds. The van der Waals surface area contributed by atoms with E-state index in [-0.39, 0.29) is 53.2 Å². The zero-order chi connectivity index (χ0) is 39.8. The van der Waals surface area contributed by atoms with Gasteiger partial charge in [-0.3, -0.25) is 33.8 Å². The van der Waals surface area contributed by atoms with Crippen LogP contribution >= 0.6 is 0 Å². The van der Waals surface area contributed by atoms with E-state index in [4.69, 9.17) is 0 Å². The van der Waals surface area contributed by atoms with Gasteiger partial charge in [-0.15, -0.1) is 0 Å². The maximum absolute atomic E-state index is 14.6. The highest BCUT2D eigenvalue weighted by Crippen LogP contribution is 2.41. The Morgan fingerprint density at radius 2 is 1.80 bits per heavy atom. The molecule has 2 aromatic heterocycles. The number of imidazole rings is 1.